The summed E-state index contributed by atoms with van der Waals surface area (Å²) in [4.78, 5) is 22.8. The molecule has 2 aromatic rings. The molecule has 29 heavy (non-hydrogen) atoms. The number of unbranched alkanes of at least 4 members (excludes halogenated alkanes) is 3. The van der Waals surface area contributed by atoms with Crippen molar-refractivity contribution in [2.75, 3.05) is 25.0 Å². The molecule has 2 aliphatic heterocycles. The van der Waals surface area contributed by atoms with Crippen LogP contribution in [0.2, 0.25) is 0 Å². The van der Waals surface area contributed by atoms with E-state index >= 15 is 0 Å². The Morgan fingerprint density at radius 3 is 2.93 bits per heavy atom. The summed E-state index contributed by atoms with van der Waals surface area (Å²) >= 11 is 0. The zero-order valence-corrected chi connectivity index (χ0v) is 16.8. The van der Waals surface area contributed by atoms with Crippen LogP contribution in [-0.4, -0.2) is 75.1 Å². The number of fused-ring (bicyclic) bond motifs is 2. The highest BCUT2D eigenvalue weighted by molar-refractivity contribution is 7.85. The predicted molar refractivity (Wildman–Crippen MR) is 107 cm³/mol. The van der Waals surface area contributed by atoms with Gasteiger partial charge in [-0.3, -0.25) is 4.57 Å². The molecule has 0 aromatic carbocycles. The average molecular weight is 423 g/mol. The van der Waals surface area contributed by atoms with E-state index in [0.717, 1.165) is 38.8 Å². The topological polar surface area (TPSA) is 150 Å². The fourth-order valence-corrected chi connectivity index (χ4v) is 4.63. The van der Waals surface area contributed by atoms with Crippen molar-refractivity contribution in [3.63, 3.8) is 0 Å². The third kappa shape index (κ3) is 4.39. The lowest BCUT2D eigenvalue weighted by Gasteiger charge is -2.27. The number of ether oxygens (including phenoxy) is 1. The van der Waals surface area contributed by atoms with E-state index in [0.29, 0.717) is 17.0 Å². The molecule has 2 aromatic heterocycles. The number of aliphatic hydroxyl groups is 1. The third-order valence-corrected chi connectivity index (χ3v) is 6.13. The first-order chi connectivity index (χ1) is 14.0. The number of nitrogens with zero attached hydrogens (tertiary/aromatic N) is 4. The Balaban J connectivity index is 1.47. The number of nitrogens with one attached hydrogen (secondary N) is 1. The Labute approximate surface area is 169 Å². The molecule has 2 fully saturated rings. The first-order valence-electron chi connectivity index (χ1n) is 9.68. The SMILES string of the molecule is [B][P+]1(O)OC[C@H]2O[C@@H](n3cnc4c(NCCCCCCN)ncnc43)C(O)[C@@H]2O1. The fraction of sp³-hybridized carbons (Fsp3) is 0.688. The van der Waals surface area contributed by atoms with E-state index in [9.17, 15) is 10.00 Å². The van der Waals surface area contributed by atoms with Crippen molar-refractivity contribution >= 4 is 32.4 Å². The van der Waals surface area contributed by atoms with Crippen molar-refractivity contribution in [3.8, 4) is 0 Å². The summed E-state index contributed by atoms with van der Waals surface area (Å²) in [6.45, 7) is 1.52. The molecule has 0 aliphatic carbocycles. The summed E-state index contributed by atoms with van der Waals surface area (Å²) in [6.07, 6.45) is 4.02. The van der Waals surface area contributed by atoms with Crippen LogP contribution in [0, 0.1) is 0 Å². The maximum atomic E-state index is 10.7. The minimum absolute atomic E-state index is 0.0393. The summed E-state index contributed by atoms with van der Waals surface area (Å²) < 4.78 is 17.9. The largest absolute Gasteiger partial charge is 0.488 e. The molecule has 4 rings (SSSR count). The molecule has 0 bridgehead atoms. The molecule has 0 spiro atoms. The molecule has 13 heteroatoms. The summed E-state index contributed by atoms with van der Waals surface area (Å²) in [5.41, 5.74) is 6.61. The number of aliphatic hydroxyl groups excluding tert-OH is 1. The van der Waals surface area contributed by atoms with Gasteiger partial charge in [0.2, 0.25) is 0 Å². The summed E-state index contributed by atoms with van der Waals surface area (Å²) in [5, 5.41) is 14.0. The Morgan fingerprint density at radius 2 is 2.10 bits per heavy atom. The van der Waals surface area contributed by atoms with Crippen LogP contribution in [0.1, 0.15) is 31.9 Å². The average Bonchev–Trinajstić information content (AvgIpc) is 3.26. The zero-order valence-electron chi connectivity index (χ0n) is 15.9. The van der Waals surface area contributed by atoms with Crippen molar-refractivity contribution in [2.45, 2.75) is 50.2 Å². The van der Waals surface area contributed by atoms with Gasteiger partial charge < -0.3 is 20.9 Å². The number of anilines is 1. The molecule has 5 N–H and O–H groups in total. The molecule has 0 amide bonds. The molecule has 4 heterocycles. The first-order valence-corrected chi connectivity index (χ1v) is 11.3. The molecule has 5 atom stereocenters. The van der Waals surface area contributed by atoms with Crippen LogP contribution in [0.15, 0.2) is 12.7 Å². The maximum absolute atomic E-state index is 10.7. The van der Waals surface area contributed by atoms with Crippen molar-refractivity contribution in [1.82, 2.24) is 19.5 Å². The fourth-order valence-electron chi connectivity index (χ4n) is 3.60. The van der Waals surface area contributed by atoms with Gasteiger partial charge in [-0.15, -0.1) is 0 Å². The Hall–Kier alpha value is -1.40. The standard InChI is InChI=1S/C16H25BN6O5P/c17-29(25)26-7-10-13(28-29)12(24)16(27-10)23-9-22-11-14(20-8-21-15(11)23)19-6-4-2-1-3-5-18/h8-10,12-13,16,24-25H,1-7,18H2,(H,19,20,21)/q+1/t10-,12?,13-,16-,29?/m1/s1. The van der Waals surface area contributed by atoms with E-state index in [1.54, 1.807) is 10.9 Å². The molecule has 0 saturated carbocycles. The maximum Gasteiger partial charge on any atom is 0.488 e. The van der Waals surface area contributed by atoms with Gasteiger partial charge in [0.1, 0.15) is 25.1 Å². The highest BCUT2D eigenvalue weighted by Crippen LogP contribution is 2.58. The van der Waals surface area contributed by atoms with Crippen molar-refractivity contribution in [2.24, 2.45) is 5.73 Å². The third-order valence-electron chi connectivity index (χ3n) is 5.06. The number of hydrogen-bond donors (Lipinski definition) is 4. The Kier molecular flexibility index (Phi) is 6.31. The van der Waals surface area contributed by atoms with E-state index in [1.165, 1.54) is 6.33 Å². The number of rotatable bonds is 8. The van der Waals surface area contributed by atoms with Gasteiger partial charge in [0.25, 0.3) is 0 Å². The highest BCUT2D eigenvalue weighted by Gasteiger charge is 2.56. The van der Waals surface area contributed by atoms with E-state index in [-0.39, 0.29) is 6.61 Å². The van der Waals surface area contributed by atoms with Gasteiger partial charge in [0, 0.05) is 6.54 Å². The second kappa shape index (κ2) is 8.77. The molecule has 11 nitrogen and oxygen atoms in total. The zero-order chi connectivity index (χ0) is 20.4. The Bertz CT molecular complexity index is 841. The van der Waals surface area contributed by atoms with Crippen LogP contribution in [-0.2, 0) is 13.8 Å². The first kappa shape index (κ1) is 20.9. The van der Waals surface area contributed by atoms with Gasteiger partial charge >= 0.3 is 15.4 Å². The van der Waals surface area contributed by atoms with Crippen molar-refractivity contribution in [1.29, 1.82) is 0 Å². The molecule has 2 radical (unpaired) electrons. The van der Waals surface area contributed by atoms with Gasteiger partial charge in [-0.2, -0.15) is 9.05 Å². The summed E-state index contributed by atoms with van der Waals surface area (Å²) in [5.74, 6) is 0.624. The number of imidazole rings is 1. The second-order valence-corrected chi connectivity index (χ2v) is 8.76. The van der Waals surface area contributed by atoms with E-state index in [2.05, 4.69) is 20.3 Å². The normalized spacial score (nSPS) is 31.8. The predicted octanol–water partition coefficient (Wildman–Crippen LogP) is 0.269. The van der Waals surface area contributed by atoms with Crippen LogP contribution in [0.25, 0.3) is 11.2 Å². The number of nitrogens with two attached hydrogens (primary N) is 1. The lowest BCUT2D eigenvalue weighted by Crippen LogP contribution is -2.40. The molecule has 2 aliphatic rings. The molecular formula is C16H25BN6O5P+. The van der Waals surface area contributed by atoms with E-state index < -0.39 is 32.4 Å². The Morgan fingerprint density at radius 1 is 1.28 bits per heavy atom. The van der Waals surface area contributed by atoms with Crippen molar-refractivity contribution in [3.05, 3.63) is 12.7 Å². The van der Waals surface area contributed by atoms with Gasteiger partial charge in [-0.1, -0.05) is 12.8 Å². The second-order valence-electron chi connectivity index (χ2n) is 7.16. The minimum Gasteiger partial charge on any atom is -0.385 e. The molecule has 156 valence electrons. The van der Waals surface area contributed by atoms with Gasteiger partial charge in [0.15, 0.2) is 29.3 Å². The minimum atomic E-state index is -3.43. The van der Waals surface area contributed by atoms with Gasteiger partial charge in [-0.05, 0) is 19.4 Å². The van der Waals surface area contributed by atoms with Crippen molar-refractivity contribution < 1.29 is 23.8 Å². The number of hydrogen-bond acceptors (Lipinski definition) is 10. The molecular weight excluding hydrogens is 398 g/mol. The lowest BCUT2D eigenvalue weighted by atomic mass is 10.1. The smallest absolute Gasteiger partial charge is 0.385 e. The van der Waals surface area contributed by atoms with E-state index in [1.807, 2.05) is 0 Å². The molecule has 2 saturated heterocycles. The summed E-state index contributed by atoms with van der Waals surface area (Å²) in [7, 11) is 2.12. The van der Waals surface area contributed by atoms with Gasteiger partial charge in [-0.25, -0.2) is 19.8 Å². The van der Waals surface area contributed by atoms with E-state index in [4.69, 9.17) is 27.1 Å². The highest BCUT2D eigenvalue weighted by atomic mass is 31.2. The molecule has 2 unspecified atom stereocenters. The van der Waals surface area contributed by atoms with Gasteiger partial charge in [0.05, 0.1) is 6.33 Å². The summed E-state index contributed by atoms with van der Waals surface area (Å²) in [6, 6.07) is 0. The van der Waals surface area contributed by atoms with Crippen LogP contribution < -0.4 is 11.1 Å². The van der Waals surface area contributed by atoms with Crippen LogP contribution in [0.4, 0.5) is 5.82 Å². The lowest BCUT2D eigenvalue weighted by molar-refractivity contribution is -0.0603. The van der Waals surface area contributed by atoms with Crippen LogP contribution in [0.5, 0.6) is 0 Å². The number of aromatic nitrogens is 4. The van der Waals surface area contributed by atoms with Crippen LogP contribution >= 0.6 is 7.82 Å². The van der Waals surface area contributed by atoms with Crippen LogP contribution in [0.3, 0.4) is 0 Å². The quantitative estimate of drug-likeness (QED) is 0.265. The monoisotopic (exact) mass is 423 g/mol.